The number of carbonyl (C=O) groups is 1. The van der Waals surface area contributed by atoms with E-state index in [4.69, 9.17) is 9.47 Å². The molecule has 3 rings (SSSR count). The zero-order valence-corrected chi connectivity index (χ0v) is 13.8. The van der Waals surface area contributed by atoms with Gasteiger partial charge in [-0.1, -0.05) is 0 Å². The highest BCUT2D eigenvalue weighted by molar-refractivity contribution is 6.03. The van der Waals surface area contributed by atoms with Gasteiger partial charge in [-0.2, -0.15) is 0 Å². The van der Waals surface area contributed by atoms with Crippen LogP contribution in [0.5, 0.6) is 5.88 Å². The third-order valence-corrected chi connectivity index (χ3v) is 3.66. The highest BCUT2D eigenvalue weighted by Crippen LogP contribution is 2.16. The van der Waals surface area contributed by atoms with Crippen LogP contribution in [0.3, 0.4) is 0 Å². The molecule has 0 saturated carbocycles. The molecule has 1 fully saturated rings. The third kappa shape index (κ3) is 4.26. The normalized spacial score (nSPS) is 15.1. The van der Waals surface area contributed by atoms with Gasteiger partial charge in [0.2, 0.25) is 11.8 Å². The quantitative estimate of drug-likeness (QED) is 0.927. The summed E-state index contributed by atoms with van der Waals surface area (Å²) in [4.78, 5) is 24.8. The lowest BCUT2D eigenvalue weighted by molar-refractivity contribution is 0.0237. The smallest absolute Gasteiger partial charge is 0.259 e. The Morgan fingerprint density at radius 2 is 1.92 bits per heavy atom. The first-order valence-electron chi connectivity index (χ1n) is 7.94. The molecule has 1 aliphatic heterocycles. The van der Waals surface area contributed by atoms with Crippen LogP contribution in [0.4, 0.5) is 5.95 Å². The van der Waals surface area contributed by atoms with Crippen molar-refractivity contribution in [2.45, 2.75) is 32.8 Å². The van der Waals surface area contributed by atoms with Crippen molar-refractivity contribution in [3.8, 4) is 5.88 Å². The number of nitrogens with zero attached hydrogens (tertiary/aromatic N) is 3. The Bertz CT molecular complexity index is 692. The maximum absolute atomic E-state index is 12.2. The molecule has 1 aliphatic rings. The molecule has 2 aromatic heterocycles. The summed E-state index contributed by atoms with van der Waals surface area (Å²) >= 11 is 0. The summed E-state index contributed by atoms with van der Waals surface area (Å²) in [6.45, 7) is 5.13. The maximum atomic E-state index is 12.2. The zero-order valence-electron chi connectivity index (χ0n) is 13.8. The van der Waals surface area contributed by atoms with Gasteiger partial charge in [0, 0.05) is 36.5 Å². The van der Waals surface area contributed by atoms with E-state index in [1.54, 1.807) is 12.1 Å². The van der Waals surface area contributed by atoms with Crippen LogP contribution in [0, 0.1) is 13.8 Å². The van der Waals surface area contributed by atoms with Gasteiger partial charge in [0.05, 0.1) is 18.8 Å². The molecular weight excluding hydrogens is 308 g/mol. The number of hydrogen-bond acceptors (Lipinski definition) is 6. The van der Waals surface area contributed by atoms with Crippen LogP contribution >= 0.6 is 0 Å². The largest absolute Gasteiger partial charge is 0.474 e. The Morgan fingerprint density at radius 3 is 2.54 bits per heavy atom. The van der Waals surface area contributed by atoms with Crippen LogP contribution < -0.4 is 10.1 Å². The second kappa shape index (κ2) is 7.35. The van der Waals surface area contributed by atoms with Crippen LogP contribution in [0.15, 0.2) is 24.4 Å². The lowest BCUT2D eigenvalue weighted by Gasteiger charge is -2.22. The fraction of sp³-hybridized carbons (Fsp3) is 0.412. The second-order valence-corrected chi connectivity index (χ2v) is 5.74. The number of carbonyl (C=O) groups excluding carboxylic acids is 1. The highest BCUT2D eigenvalue weighted by atomic mass is 16.5. The molecule has 0 bridgehead atoms. The molecule has 0 spiro atoms. The van der Waals surface area contributed by atoms with Crippen molar-refractivity contribution in [3.05, 3.63) is 41.3 Å². The van der Waals surface area contributed by atoms with Gasteiger partial charge in [-0.25, -0.2) is 15.0 Å². The van der Waals surface area contributed by atoms with Gasteiger partial charge in [0.1, 0.15) is 6.10 Å². The van der Waals surface area contributed by atoms with Gasteiger partial charge in [-0.15, -0.1) is 0 Å². The Morgan fingerprint density at radius 1 is 1.21 bits per heavy atom. The summed E-state index contributed by atoms with van der Waals surface area (Å²) in [5.41, 5.74) is 2.03. The minimum Gasteiger partial charge on any atom is -0.474 e. The van der Waals surface area contributed by atoms with E-state index in [9.17, 15) is 4.79 Å². The van der Waals surface area contributed by atoms with Crippen LogP contribution in [0.25, 0.3) is 0 Å². The standard InChI is InChI=1S/C17H20N4O3/c1-11-9-12(2)20-17(19-11)21-16(22)13-3-4-15(18-10-13)24-14-5-7-23-8-6-14/h3-4,9-10,14H,5-8H2,1-2H3,(H,19,20,21,22). The fourth-order valence-electron chi connectivity index (χ4n) is 2.50. The van der Waals surface area contributed by atoms with Crippen LogP contribution in [-0.4, -0.2) is 40.2 Å². The number of hydrogen-bond donors (Lipinski definition) is 1. The molecule has 126 valence electrons. The molecule has 1 N–H and O–H groups in total. The number of rotatable bonds is 4. The number of aryl methyl sites for hydroxylation is 2. The summed E-state index contributed by atoms with van der Waals surface area (Å²) in [5, 5.41) is 2.68. The van der Waals surface area contributed by atoms with E-state index in [1.807, 2.05) is 19.9 Å². The summed E-state index contributed by atoms with van der Waals surface area (Å²) < 4.78 is 11.1. The molecule has 1 amide bonds. The minimum absolute atomic E-state index is 0.120. The average molecular weight is 328 g/mol. The maximum Gasteiger partial charge on any atom is 0.259 e. The van der Waals surface area contributed by atoms with Gasteiger partial charge < -0.3 is 9.47 Å². The average Bonchev–Trinajstić information content (AvgIpc) is 2.55. The van der Waals surface area contributed by atoms with E-state index in [1.165, 1.54) is 6.20 Å². The first-order chi connectivity index (χ1) is 11.6. The van der Waals surface area contributed by atoms with E-state index in [0.29, 0.717) is 30.6 Å². The van der Waals surface area contributed by atoms with Crippen LogP contribution in [0.2, 0.25) is 0 Å². The predicted octanol–water partition coefficient (Wildman–Crippen LogP) is 2.30. The van der Waals surface area contributed by atoms with Crippen molar-refractivity contribution in [1.29, 1.82) is 0 Å². The van der Waals surface area contributed by atoms with Crippen molar-refractivity contribution >= 4 is 11.9 Å². The molecular formula is C17H20N4O3. The van der Waals surface area contributed by atoms with E-state index >= 15 is 0 Å². The molecule has 24 heavy (non-hydrogen) atoms. The Labute approximate surface area is 140 Å². The fourth-order valence-corrected chi connectivity index (χ4v) is 2.50. The molecule has 7 nitrogen and oxygen atoms in total. The van der Waals surface area contributed by atoms with Crippen molar-refractivity contribution in [2.75, 3.05) is 18.5 Å². The predicted molar refractivity (Wildman–Crippen MR) is 88.2 cm³/mol. The van der Waals surface area contributed by atoms with E-state index in [-0.39, 0.29) is 12.0 Å². The van der Waals surface area contributed by atoms with Gasteiger partial charge in [-0.3, -0.25) is 10.1 Å². The Kier molecular flexibility index (Phi) is 5.00. The number of anilines is 1. The van der Waals surface area contributed by atoms with Crippen molar-refractivity contribution < 1.29 is 14.3 Å². The lowest BCUT2D eigenvalue weighted by atomic mass is 10.1. The number of nitrogens with one attached hydrogen (secondary N) is 1. The number of aromatic nitrogens is 3. The summed E-state index contributed by atoms with van der Waals surface area (Å²) in [6.07, 6.45) is 3.32. The summed E-state index contributed by atoms with van der Waals surface area (Å²) in [6, 6.07) is 5.23. The van der Waals surface area contributed by atoms with E-state index in [0.717, 1.165) is 24.2 Å². The second-order valence-electron chi connectivity index (χ2n) is 5.74. The van der Waals surface area contributed by atoms with Crippen LogP contribution in [-0.2, 0) is 4.74 Å². The van der Waals surface area contributed by atoms with Crippen molar-refractivity contribution in [2.24, 2.45) is 0 Å². The van der Waals surface area contributed by atoms with Crippen molar-refractivity contribution in [1.82, 2.24) is 15.0 Å². The lowest BCUT2D eigenvalue weighted by Crippen LogP contribution is -2.26. The molecule has 2 aromatic rings. The molecule has 0 aliphatic carbocycles. The van der Waals surface area contributed by atoms with Gasteiger partial charge in [0.25, 0.3) is 5.91 Å². The van der Waals surface area contributed by atoms with Gasteiger partial charge >= 0.3 is 0 Å². The highest BCUT2D eigenvalue weighted by Gasteiger charge is 2.16. The van der Waals surface area contributed by atoms with E-state index < -0.39 is 0 Å². The molecule has 0 radical (unpaired) electrons. The Balaban J connectivity index is 1.62. The first kappa shape index (κ1) is 16.3. The number of amides is 1. The number of pyridine rings is 1. The monoisotopic (exact) mass is 328 g/mol. The van der Waals surface area contributed by atoms with Crippen LogP contribution in [0.1, 0.15) is 34.6 Å². The topological polar surface area (TPSA) is 86.2 Å². The summed E-state index contributed by atoms with van der Waals surface area (Å²) in [5.74, 6) is 0.506. The molecule has 0 aromatic carbocycles. The third-order valence-electron chi connectivity index (χ3n) is 3.66. The van der Waals surface area contributed by atoms with E-state index in [2.05, 4.69) is 20.3 Å². The van der Waals surface area contributed by atoms with Crippen molar-refractivity contribution in [3.63, 3.8) is 0 Å². The minimum atomic E-state index is -0.301. The summed E-state index contributed by atoms with van der Waals surface area (Å²) in [7, 11) is 0. The molecule has 0 atom stereocenters. The Hall–Kier alpha value is -2.54. The number of ether oxygens (including phenoxy) is 2. The SMILES string of the molecule is Cc1cc(C)nc(NC(=O)c2ccc(OC3CCOCC3)nc2)n1. The molecule has 3 heterocycles. The molecule has 0 unspecified atom stereocenters. The zero-order chi connectivity index (χ0) is 16.9. The molecule has 7 heteroatoms. The first-order valence-corrected chi connectivity index (χ1v) is 7.94. The van der Waals surface area contributed by atoms with Gasteiger partial charge in [-0.05, 0) is 26.0 Å². The van der Waals surface area contributed by atoms with Gasteiger partial charge in [0.15, 0.2) is 0 Å². The molecule has 1 saturated heterocycles.